The Balaban J connectivity index is 1.49. The van der Waals surface area contributed by atoms with Gasteiger partial charge in [-0.2, -0.15) is 10.4 Å². The lowest BCUT2D eigenvalue weighted by atomic mass is 10.1. The van der Waals surface area contributed by atoms with Crippen LogP contribution >= 0.6 is 0 Å². The normalized spacial score (nSPS) is 13.9. The summed E-state index contributed by atoms with van der Waals surface area (Å²) in [6, 6.07) is 15.5. The van der Waals surface area contributed by atoms with Gasteiger partial charge in [-0.1, -0.05) is 25.1 Å². The molecule has 146 valence electrons. The van der Waals surface area contributed by atoms with Crippen molar-refractivity contribution in [3.05, 3.63) is 71.7 Å². The molecular weight excluding hydrogens is 364 g/mol. The minimum absolute atomic E-state index is 0.0161. The van der Waals surface area contributed by atoms with E-state index in [1.54, 1.807) is 24.5 Å². The van der Waals surface area contributed by atoms with Crippen molar-refractivity contribution >= 4 is 11.7 Å². The standard InChI is InChI=1S/C22H22N6O/c1-2-20-19(16-25-28(20)18-6-4-3-5-7-18)22(29)27-12-10-26(11-13-27)21-14-17(15-23)8-9-24-21/h3-9,14,16H,2,10-13H2,1H3. The summed E-state index contributed by atoms with van der Waals surface area (Å²) in [5.41, 5.74) is 3.13. The van der Waals surface area contributed by atoms with Crippen molar-refractivity contribution in [2.45, 2.75) is 13.3 Å². The van der Waals surface area contributed by atoms with E-state index in [-0.39, 0.29) is 5.91 Å². The van der Waals surface area contributed by atoms with E-state index in [0.717, 1.165) is 23.6 Å². The molecule has 0 bridgehead atoms. The fourth-order valence-electron chi connectivity index (χ4n) is 3.65. The highest BCUT2D eigenvalue weighted by molar-refractivity contribution is 5.95. The SMILES string of the molecule is CCc1c(C(=O)N2CCN(c3cc(C#N)ccn3)CC2)cnn1-c1ccccc1. The number of carbonyl (C=O) groups is 1. The molecule has 1 fully saturated rings. The predicted octanol–water partition coefficient (Wildman–Crippen LogP) is 2.66. The highest BCUT2D eigenvalue weighted by Gasteiger charge is 2.26. The predicted molar refractivity (Wildman–Crippen MR) is 110 cm³/mol. The average molecular weight is 386 g/mol. The summed E-state index contributed by atoms with van der Waals surface area (Å²) >= 11 is 0. The Bertz CT molecular complexity index is 1040. The molecule has 0 aliphatic carbocycles. The number of para-hydroxylation sites is 1. The summed E-state index contributed by atoms with van der Waals surface area (Å²) in [4.78, 5) is 21.5. The zero-order valence-corrected chi connectivity index (χ0v) is 16.3. The van der Waals surface area contributed by atoms with E-state index in [0.29, 0.717) is 37.3 Å². The van der Waals surface area contributed by atoms with Crippen molar-refractivity contribution < 1.29 is 4.79 Å². The monoisotopic (exact) mass is 386 g/mol. The summed E-state index contributed by atoms with van der Waals surface area (Å²) in [7, 11) is 0. The Labute approximate surface area is 169 Å². The third kappa shape index (κ3) is 3.69. The van der Waals surface area contributed by atoms with Crippen LogP contribution in [0, 0.1) is 11.3 Å². The number of aromatic nitrogens is 3. The highest BCUT2D eigenvalue weighted by Crippen LogP contribution is 2.20. The van der Waals surface area contributed by atoms with Crippen molar-refractivity contribution in [2.75, 3.05) is 31.1 Å². The number of carbonyl (C=O) groups excluding carboxylic acids is 1. The molecule has 0 unspecified atom stereocenters. The Kier molecular flexibility index (Phi) is 5.25. The van der Waals surface area contributed by atoms with Crippen LogP contribution in [0.1, 0.15) is 28.5 Å². The van der Waals surface area contributed by atoms with E-state index < -0.39 is 0 Å². The van der Waals surface area contributed by atoms with Crippen LogP contribution in [0.25, 0.3) is 5.69 Å². The van der Waals surface area contributed by atoms with Gasteiger partial charge in [-0.25, -0.2) is 9.67 Å². The zero-order valence-electron chi connectivity index (χ0n) is 16.3. The van der Waals surface area contributed by atoms with E-state index in [1.807, 2.05) is 46.8 Å². The van der Waals surface area contributed by atoms with Gasteiger partial charge in [0.05, 0.1) is 34.8 Å². The molecule has 0 atom stereocenters. The molecular formula is C22H22N6O. The smallest absolute Gasteiger partial charge is 0.257 e. The minimum Gasteiger partial charge on any atom is -0.353 e. The first-order valence-electron chi connectivity index (χ1n) is 9.74. The summed E-state index contributed by atoms with van der Waals surface area (Å²) in [5, 5.41) is 13.6. The molecule has 1 amide bonds. The molecule has 1 saturated heterocycles. The van der Waals surface area contributed by atoms with Crippen molar-refractivity contribution in [3.63, 3.8) is 0 Å². The number of hydrogen-bond donors (Lipinski definition) is 0. The first-order valence-corrected chi connectivity index (χ1v) is 9.74. The third-order valence-electron chi connectivity index (χ3n) is 5.20. The molecule has 1 aliphatic heterocycles. The number of rotatable bonds is 4. The molecule has 0 radical (unpaired) electrons. The number of anilines is 1. The number of piperazine rings is 1. The lowest BCUT2D eigenvalue weighted by Gasteiger charge is -2.35. The molecule has 0 N–H and O–H groups in total. The van der Waals surface area contributed by atoms with E-state index in [4.69, 9.17) is 5.26 Å². The first-order chi connectivity index (χ1) is 14.2. The largest absolute Gasteiger partial charge is 0.353 e. The summed E-state index contributed by atoms with van der Waals surface area (Å²) in [5.74, 6) is 0.796. The average Bonchev–Trinajstić information content (AvgIpc) is 3.23. The van der Waals surface area contributed by atoms with Crippen LogP contribution in [0.5, 0.6) is 0 Å². The molecule has 1 aromatic carbocycles. The fourth-order valence-corrected chi connectivity index (χ4v) is 3.65. The maximum Gasteiger partial charge on any atom is 0.257 e. The summed E-state index contributed by atoms with van der Waals surface area (Å²) in [6.07, 6.45) is 4.05. The van der Waals surface area contributed by atoms with Crippen molar-refractivity contribution in [2.24, 2.45) is 0 Å². The van der Waals surface area contributed by atoms with Crippen LogP contribution in [0.15, 0.2) is 54.9 Å². The zero-order chi connectivity index (χ0) is 20.2. The molecule has 3 aromatic rings. The van der Waals surface area contributed by atoms with Gasteiger partial charge in [-0.05, 0) is 30.7 Å². The Hall–Kier alpha value is -3.66. The third-order valence-corrected chi connectivity index (χ3v) is 5.20. The van der Waals surface area contributed by atoms with Gasteiger partial charge < -0.3 is 9.80 Å². The number of pyridine rings is 1. The number of amides is 1. The minimum atomic E-state index is 0.0161. The van der Waals surface area contributed by atoms with Crippen LogP contribution in [0.2, 0.25) is 0 Å². The molecule has 7 nitrogen and oxygen atoms in total. The van der Waals surface area contributed by atoms with Gasteiger partial charge in [-0.15, -0.1) is 0 Å². The second kappa shape index (κ2) is 8.15. The topological polar surface area (TPSA) is 78.1 Å². The van der Waals surface area contributed by atoms with Gasteiger partial charge in [0.15, 0.2) is 0 Å². The molecule has 0 saturated carbocycles. The maximum absolute atomic E-state index is 13.2. The lowest BCUT2D eigenvalue weighted by Crippen LogP contribution is -2.49. The molecule has 4 rings (SSSR count). The molecule has 3 heterocycles. The van der Waals surface area contributed by atoms with Crippen molar-refractivity contribution in [3.8, 4) is 11.8 Å². The second-order valence-electron chi connectivity index (χ2n) is 6.90. The lowest BCUT2D eigenvalue weighted by molar-refractivity contribution is 0.0745. The van der Waals surface area contributed by atoms with Crippen molar-refractivity contribution in [1.82, 2.24) is 19.7 Å². The van der Waals surface area contributed by atoms with Gasteiger partial charge in [-0.3, -0.25) is 4.79 Å². The number of benzene rings is 1. The van der Waals surface area contributed by atoms with Crippen LogP contribution in [0.3, 0.4) is 0 Å². The molecule has 1 aliphatic rings. The van der Waals surface area contributed by atoms with E-state index in [9.17, 15) is 4.79 Å². The maximum atomic E-state index is 13.2. The molecule has 29 heavy (non-hydrogen) atoms. The Morgan fingerprint density at radius 3 is 2.59 bits per heavy atom. The summed E-state index contributed by atoms with van der Waals surface area (Å²) in [6.45, 7) is 4.62. The van der Waals surface area contributed by atoms with E-state index in [1.165, 1.54) is 0 Å². The van der Waals surface area contributed by atoms with E-state index in [2.05, 4.69) is 21.1 Å². The van der Waals surface area contributed by atoms with Crippen molar-refractivity contribution in [1.29, 1.82) is 5.26 Å². The van der Waals surface area contributed by atoms with E-state index >= 15 is 0 Å². The van der Waals surface area contributed by atoms with Crippen LogP contribution in [0.4, 0.5) is 5.82 Å². The first kappa shape index (κ1) is 18.7. The van der Waals surface area contributed by atoms with Gasteiger partial charge in [0.2, 0.25) is 0 Å². The van der Waals surface area contributed by atoms with Crippen LogP contribution in [-0.2, 0) is 6.42 Å². The Morgan fingerprint density at radius 1 is 1.14 bits per heavy atom. The summed E-state index contributed by atoms with van der Waals surface area (Å²) < 4.78 is 1.85. The van der Waals surface area contributed by atoms with Gasteiger partial charge in [0.1, 0.15) is 5.82 Å². The second-order valence-corrected chi connectivity index (χ2v) is 6.90. The molecule has 0 spiro atoms. The van der Waals surface area contributed by atoms with Crippen LogP contribution in [-0.4, -0.2) is 51.8 Å². The molecule has 7 heteroatoms. The van der Waals surface area contributed by atoms with Crippen LogP contribution < -0.4 is 4.90 Å². The number of hydrogen-bond acceptors (Lipinski definition) is 5. The number of nitrogens with zero attached hydrogens (tertiary/aromatic N) is 6. The fraction of sp³-hybridized carbons (Fsp3) is 0.273. The van der Waals surface area contributed by atoms with Gasteiger partial charge >= 0.3 is 0 Å². The quantitative estimate of drug-likeness (QED) is 0.689. The van der Waals surface area contributed by atoms with Gasteiger partial charge in [0.25, 0.3) is 5.91 Å². The molecule has 2 aromatic heterocycles. The Morgan fingerprint density at radius 2 is 1.90 bits per heavy atom. The highest BCUT2D eigenvalue weighted by atomic mass is 16.2. The van der Waals surface area contributed by atoms with Gasteiger partial charge in [0, 0.05) is 32.4 Å². The number of nitriles is 1.